The molecule has 0 aromatic rings. The van der Waals surface area contributed by atoms with Crippen molar-refractivity contribution in [1.82, 2.24) is 0 Å². The van der Waals surface area contributed by atoms with Crippen LogP contribution < -0.4 is 0 Å². The van der Waals surface area contributed by atoms with E-state index >= 15 is 0 Å². The predicted molar refractivity (Wildman–Crippen MR) is 70.9 cm³/mol. The summed E-state index contributed by atoms with van der Waals surface area (Å²) in [6.45, 7) is 9.13. The van der Waals surface area contributed by atoms with Gasteiger partial charge in [0.2, 0.25) is 0 Å². The lowest BCUT2D eigenvalue weighted by Crippen LogP contribution is -2.20. The number of ether oxygens (including phenoxy) is 1. The molecule has 1 rings (SSSR count). The molecule has 0 aromatic carbocycles. The van der Waals surface area contributed by atoms with E-state index in [0.29, 0.717) is 0 Å². The summed E-state index contributed by atoms with van der Waals surface area (Å²) in [5.74, 6) is -0.526. The van der Waals surface area contributed by atoms with E-state index in [0.717, 1.165) is 18.4 Å². The van der Waals surface area contributed by atoms with Crippen LogP contribution in [0, 0.1) is 5.41 Å². The van der Waals surface area contributed by atoms with Crippen LogP contribution in [0.15, 0.2) is 23.0 Å². The maximum atomic E-state index is 11.5. The first-order chi connectivity index (χ1) is 8.24. The number of rotatable bonds is 3. The van der Waals surface area contributed by atoms with Gasteiger partial charge in [-0.25, -0.2) is 0 Å². The third kappa shape index (κ3) is 3.56. The molecule has 0 spiro atoms. The average Bonchev–Trinajstić information content (AvgIpc) is 2.20. The zero-order valence-electron chi connectivity index (χ0n) is 11.9. The van der Waals surface area contributed by atoms with Crippen LogP contribution in [0.5, 0.6) is 0 Å². The monoisotopic (exact) mass is 250 g/mol. The molecule has 0 fully saturated rings. The van der Waals surface area contributed by atoms with Crippen molar-refractivity contribution in [3.63, 3.8) is 0 Å². The molecule has 3 nitrogen and oxygen atoms in total. The standard InChI is InChI=1S/C15H22O3/c1-10-7-6-8-15(4,5)13(10)9-14(11(2)16)18-12(3)17/h9H,6-8H2,1-5H3/b14-9-. The number of ketones is 1. The Morgan fingerprint density at radius 1 is 1.28 bits per heavy atom. The maximum absolute atomic E-state index is 11.5. The molecule has 18 heavy (non-hydrogen) atoms. The van der Waals surface area contributed by atoms with Crippen molar-refractivity contribution in [1.29, 1.82) is 0 Å². The Hall–Kier alpha value is -1.38. The largest absolute Gasteiger partial charge is 0.423 e. The molecule has 1 aliphatic carbocycles. The Balaban J connectivity index is 3.17. The van der Waals surface area contributed by atoms with E-state index in [2.05, 4.69) is 20.8 Å². The minimum absolute atomic E-state index is 0.0309. The van der Waals surface area contributed by atoms with E-state index in [9.17, 15) is 9.59 Å². The van der Waals surface area contributed by atoms with Crippen LogP contribution in [0.25, 0.3) is 0 Å². The van der Waals surface area contributed by atoms with Crippen LogP contribution in [-0.4, -0.2) is 11.8 Å². The second-order valence-corrected chi connectivity index (χ2v) is 5.59. The lowest BCUT2D eigenvalue weighted by Gasteiger charge is -2.33. The molecule has 0 N–H and O–H groups in total. The number of hydrogen-bond donors (Lipinski definition) is 0. The molecule has 0 saturated carbocycles. The van der Waals surface area contributed by atoms with Gasteiger partial charge in [-0.2, -0.15) is 0 Å². The molecule has 0 amide bonds. The van der Waals surface area contributed by atoms with E-state index in [1.165, 1.54) is 25.8 Å². The predicted octanol–water partition coefficient (Wildman–Crippen LogP) is 3.55. The summed E-state index contributed by atoms with van der Waals surface area (Å²) in [6.07, 6.45) is 5.04. The third-order valence-electron chi connectivity index (χ3n) is 3.42. The van der Waals surface area contributed by atoms with Gasteiger partial charge in [-0.3, -0.25) is 9.59 Å². The quantitative estimate of drug-likeness (QED) is 0.437. The number of allylic oxidation sites excluding steroid dienone is 4. The normalized spacial score (nSPS) is 19.7. The van der Waals surface area contributed by atoms with Crippen molar-refractivity contribution in [2.45, 2.75) is 53.9 Å². The summed E-state index contributed by atoms with van der Waals surface area (Å²) in [6, 6.07) is 0. The first kappa shape index (κ1) is 14.7. The molecule has 0 atom stereocenters. The highest BCUT2D eigenvalue weighted by Crippen LogP contribution is 2.41. The Bertz CT molecular complexity index is 425. The van der Waals surface area contributed by atoms with E-state index in [1.807, 2.05) is 0 Å². The fourth-order valence-electron chi connectivity index (χ4n) is 2.45. The zero-order valence-corrected chi connectivity index (χ0v) is 11.9. The lowest BCUT2D eigenvalue weighted by atomic mass is 9.72. The van der Waals surface area contributed by atoms with Crippen LogP contribution in [-0.2, 0) is 14.3 Å². The maximum Gasteiger partial charge on any atom is 0.308 e. The molecule has 0 saturated heterocycles. The smallest absolute Gasteiger partial charge is 0.308 e. The Kier molecular flexibility index (Phi) is 4.49. The van der Waals surface area contributed by atoms with Crippen LogP contribution in [0.4, 0.5) is 0 Å². The van der Waals surface area contributed by atoms with Gasteiger partial charge >= 0.3 is 5.97 Å². The van der Waals surface area contributed by atoms with Crippen molar-refractivity contribution in [2.75, 3.05) is 0 Å². The molecule has 100 valence electrons. The minimum atomic E-state index is -0.455. The van der Waals surface area contributed by atoms with Crippen LogP contribution in [0.3, 0.4) is 0 Å². The fourth-order valence-corrected chi connectivity index (χ4v) is 2.45. The van der Waals surface area contributed by atoms with Crippen LogP contribution >= 0.6 is 0 Å². The number of esters is 1. The molecule has 0 aliphatic heterocycles. The Labute approximate surface area is 109 Å². The van der Waals surface area contributed by atoms with E-state index in [-0.39, 0.29) is 17.0 Å². The highest BCUT2D eigenvalue weighted by atomic mass is 16.5. The number of Topliss-reactive ketones (excluding diaryl/α,β-unsaturated/α-hetero) is 1. The molecular weight excluding hydrogens is 228 g/mol. The van der Waals surface area contributed by atoms with E-state index < -0.39 is 5.97 Å². The fraction of sp³-hybridized carbons (Fsp3) is 0.600. The molecule has 0 heterocycles. The van der Waals surface area contributed by atoms with E-state index in [4.69, 9.17) is 4.74 Å². The van der Waals surface area contributed by atoms with Gasteiger partial charge in [0.1, 0.15) is 0 Å². The molecule has 3 heteroatoms. The van der Waals surface area contributed by atoms with Gasteiger partial charge in [-0.15, -0.1) is 0 Å². The van der Waals surface area contributed by atoms with Gasteiger partial charge in [0.15, 0.2) is 11.5 Å². The van der Waals surface area contributed by atoms with Gasteiger partial charge in [-0.1, -0.05) is 19.4 Å². The second kappa shape index (κ2) is 5.51. The highest BCUT2D eigenvalue weighted by molar-refractivity contribution is 5.94. The Morgan fingerprint density at radius 3 is 2.33 bits per heavy atom. The average molecular weight is 250 g/mol. The molecular formula is C15H22O3. The van der Waals surface area contributed by atoms with Crippen molar-refractivity contribution in [3.8, 4) is 0 Å². The zero-order chi connectivity index (χ0) is 13.9. The number of hydrogen-bond acceptors (Lipinski definition) is 3. The first-order valence-corrected chi connectivity index (χ1v) is 6.35. The van der Waals surface area contributed by atoms with Crippen molar-refractivity contribution in [2.24, 2.45) is 5.41 Å². The second-order valence-electron chi connectivity index (χ2n) is 5.59. The van der Waals surface area contributed by atoms with Gasteiger partial charge in [0.25, 0.3) is 0 Å². The van der Waals surface area contributed by atoms with E-state index in [1.54, 1.807) is 6.08 Å². The summed E-state index contributed by atoms with van der Waals surface area (Å²) in [7, 11) is 0. The minimum Gasteiger partial charge on any atom is -0.423 e. The number of carbonyl (C=O) groups excluding carboxylic acids is 2. The first-order valence-electron chi connectivity index (χ1n) is 6.35. The van der Waals surface area contributed by atoms with Gasteiger partial charge < -0.3 is 4.74 Å². The SMILES string of the molecule is CC(=O)O/C(=C\C1=C(C)CCCC1(C)C)C(C)=O. The topological polar surface area (TPSA) is 43.4 Å². The summed E-state index contributed by atoms with van der Waals surface area (Å²) in [4.78, 5) is 22.5. The highest BCUT2D eigenvalue weighted by Gasteiger charge is 2.28. The van der Waals surface area contributed by atoms with Crippen molar-refractivity contribution >= 4 is 11.8 Å². The summed E-state index contributed by atoms with van der Waals surface area (Å²) in [5.41, 5.74) is 2.43. The summed E-state index contributed by atoms with van der Waals surface area (Å²) in [5, 5.41) is 0. The molecule has 0 radical (unpaired) electrons. The van der Waals surface area contributed by atoms with Crippen LogP contribution in [0.2, 0.25) is 0 Å². The lowest BCUT2D eigenvalue weighted by molar-refractivity contribution is -0.139. The van der Waals surface area contributed by atoms with Crippen LogP contribution in [0.1, 0.15) is 53.9 Å². The molecule has 0 unspecified atom stereocenters. The molecule has 0 bridgehead atoms. The van der Waals surface area contributed by atoms with Crippen molar-refractivity contribution in [3.05, 3.63) is 23.0 Å². The summed E-state index contributed by atoms with van der Waals surface area (Å²) < 4.78 is 4.99. The molecule has 0 aromatic heterocycles. The van der Waals surface area contributed by atoms with Gasteiger partial charge in [0, 0.05) is 13.8 Å². The molecule has 1 aliphatic rings. The third-order valence-corrected chi connectivity index (χ3v) is 3.42. The van der Waals surface area contributed by atoms with Crippen molar-refractivity contribution < 1.29 is 14.3 Å². The van der Waals surface area contributed by atoms with Gasteiger partial charge in [0.05, 0.1) is 0 Å². The Morgan fingerprint density at radius 2 is 1.89 bits per heavy atom. The number of carbonyl (C=O) groups is 2. The summed E-state index contributed by atoms with van der Waals surface area (Å²) >= 11 is 0. The van der Waals surface area contributed by atoms with Gasteiger partial charge in [-0.05, 0) is 43.3 Å².